The average molecular weight is 259 g/mol. The summed E-state index contributed by atoms with van der Waals surface area (Å²) in [4.78, 5) is 39.0. The largest absolute Gasteiger partial charge is 0.368 e. The monoisotopic (exact) mass is 259 g/mol. The van der Waals surface area contributed by atoms with Crippen LogP contribution in [-0.4, -0.2) is 47.8 Å². The number of carbonyl (C=O) groups excluding carboxylic acids is 3. The standard InChI is InChI=1S/C13H13N3O3/c1-2-3-12(18)15-9-4-5-16(8-9)10-6-11(17)13(19)14-7-10/h6-7,9H,4-5,8H2,1H3,(H,15,18)/t9-/m1/s1. The third-order valence-corrected chi connectivity index (χ3v) is 2.93. The Balaban J connectivity index is 1.95. The molecule has 19 heavy (non-hydrogen) atoms. The van der Waals surface area contributed by atoms with Crippen LogP contribution in [0.4, 0.5) is 0 Å². The number of rotatable bonds is 2. The van der Waals surface area contributed by atoms with Crippen LogP contribution in [0.3, 0.4) is 0 Å². The molecule has 0 saturated carbocycles. The van der Waals surface area contributed by atoms with E-state index < -0.39 is 11.7 Å². The van der Waals surface area contributed by atoms with Gasteiger partial charge in [0.1, 0.15) is 0 Å². The van der Waals surface area contributed by atoms with Crippen molar-refractivity contribution in [3.63, 3.8) is 0 Å². The summed E-state index contributed by atoms with van der Waals surface area (Å²) in [5, 5.41) is 2.79. The van der Waals surface area contributed by atoms with Gasteiger partial charge in [0.2, 0.25) is 5.78 Å². The summed E-state index contributed by atoms with van der Waals surface area (Å²) in [6.45, 7) is 2.88. The highest BCUT2D eigenvalue weighted by Crippen LogP contribution is 2.16. The first-order valence-corrected chi connectivity index (χ1v) is 5.92. The van der Waals surface area contributed by atoms with E-state index >= 15 is 0 Å². The number of nitrogens with one attached hydrogen (secondary N) is 1. The molecular weight excluding hydrogens is 246 g/mol. The van der Waals surface area contributed by atoms with E-state index in [1.54, 1.807) is 6.92 Å². The molecule has 1 fully saturated rings. The van der Waals surface area contributed by atoms with Gasteiger partial charge in [-0.3, -0.25) is 14.4 Å². The van der Waals surface area contributed by atoms with E-state index in [1.807, 2.05) is 4.90 Å². The minimum absolute atomic E-state index is 0.00428. The van der Waals surface area contributed by atoms with Gasteiger partial charge < -0.3 is 10.2 Å². The molecule has 0 aromatic heterocycles. The number of amides is 2. The normalized spacial score (nSPS) is 21.8. The van der Waals surface area contributed by atoms with E-state index in [2.05, 4.69) is 22.2 Å². The van der Waals surface area contributed by atoms with Crippen molar-refractivity contribution in [3.05, 3.63) is 11.8 Å². The van der Waals surface area contributed by atoms with Gasteiger partial charge in [0.05, 0.1) is 11.9 Å². The molecule has 6 nitrogen and oxygen atoms in total. The number of dihydropyridines is 1. The molecule has 2 heterocycles. The molecule has 0 aromatic rings. The topological polar surface area (TPSA) is 78.8 Å². The van der Waals surface area contributed by atoms with Crippen LogP contribution in [-0.2, 0) is 14.4 Å². The number of allylic oxidation sites excluding steroid dienone is 1. The molecule has 0 bridgehead atoms. The van der Waals surface area contributed by atoms with Crippen molar-refractivity contribution in [2.24, 2.45) is 4.99 Å². The quantitative estimate of drug-likeness (QED) is 0.523. The summed E-state index contributed by atoms with van der Waals surface area (Å²) >= 11 is 0. The molecule has 0 spiro atoms. The van der Waals surface area contributed by atoms with E-state index in [9.17, 15) is 14.4 Å². The molecule has 0 radical (unpaired) electrons. The number of aliphatic imine (C=N–C) groups is 1. The Bertz CT molecular complexity index is 551. The van der Waals surface area contributed by atoms with Crippen molar-refractivity contribution in [2.45, 2.75) is 19.4 Å². The Labute approximate surface area is 110 Å². The molecule has 0 aromatic carbocycles. The van der Waals surface area contributed by atoms with Crippen LogP contribution in [0, 0.1) is 11.8 Å². The Morgan fingerprint density at radius 3 is 3.00 bits per heavy atom. The molecule has 2 aliphatic rings. The molecule has 0 aliphatic carbocycles. The van der Waals surface area contributed by atoms with Gasteiger partial charge in [0.15, 0.2) is 0 Å². The number of nitrogens with zero attached hydrogens (tertiary/aromatic N) is 2. The van der Waals surface area contributed by atoms with E-state index in [0.29, 0.717) is 18.8 Å². The molecule has 98 valence electrons. The smallest absolute Gasteiger partial charge is 0.317 e. The van der Waals surface area contributed by atoms with Crippen molar-refractivity contribution in [2.75, 3.05) is 13.1 Å². The first kappa shape index (κ1) is 13.0. The highest BCUT2D eigenvalue weighted by Gasteiger charge is 2.27. The molecule has 2 rings (SSSR count). The lowest BCUT2D eigenvalue weighted by Crippen LogP contribution is -2.36. The highest BCUT2D eigenvalue weighted by molar-refractivity contribution is 6.44. The summed E-state index contributed by atoms with van der Waals surface area (Å²) in [5.74, 6) is 3.30. The van der Waals surface area contributed by atoms with Crippen molar-refractivity contribution in [1.82, 2.24) is 10.2 Å². The molecule has 1 atom stereocenters. The predicted molar refractivity (Wildman–Crippen MR) is 68.2 cm³/mol. The second kappa shape index (κ2) is 5.48. The minimum atomic E-state index is -0.744. The zero-order valence-corrected chi connectivity index (χ0v) is 10.5. The lowest BCUT2D eigenvalue weighted by atomic mass is 10.2. The summed E-state index contributed by atoms with van der Waals surface area (Å²) in [7, 11) is 0. The lowest BCUT2D eigenvalue weighted by molar-refractivity contribution is -0.133. The molecule has 1 N–H and O–H groups in total. The highest BCUT2D eigenvalue weighted by atomic mass is 16.2. The number of ketones is 1. The van der Waals surface area contributed by atoms with Crippen molar-refractivity contribution < 1.29 is 14.4 Å². The molecule has 1 saturated heterocycles. The first-order chi connectivity index (χ1) is 9.10. The Morgan fingerprint density at radius 1 is 1.53 bits per heavy atom. The maximum Gasteiger partial charge on any atom is 0.317 e. The fourth-order valence-corrected chi connectivity index (χ4v) is 2.04. The average Bonchev–Trinajstić information content (AvgIpc) is 2.81. The fourth-order valence-electron chi connectivity index (χ4n) is 2.04. The van der Waals surface area contributed by atoms with Crippen LogP contribution >= 0.6 is 0 Å². The molecule has 6 heteroatoms. The van der Waals surface area contributed by atoms with E-state index in [1.165, 1.54) is 12.3 Å². The summed E-state index contributed by atoms with van der Waals surface area (Å²) < 4.78 is 0. The van der Waals surface area contributed by atoms with Gasteiger partial charge in [0, 0.05) is 25.2 Å². The maximum absolute atomic E-state index is 11.3. The van der Waals surface area contributed by atoms with Gasteiger partial charge in [-0.15, -0.1) is 0 Å². The molecule has 2 amide bonds. The zero-order valence-electron chi connectivity index (χ0n) is 10.5. The minimum Gasteiger partial charge on any atom is -0.368 e. The number of hydrogen-bond donors (Lipinski definition) is 1. The van der Waals surface area contributed by atoms with E-state index in [4.69, 9.17) is 0 Å². The van der Waals surface area contributed by atoms with Crippen LogP contribution in [0.2, 0.25) is 0 Å². The van der Waals surface area contributed by atoms with Crippen LogP contribution in [0.25, 0.3) is 0 Å². The Kier molecular flexibility index (Phi) is 3.76. The summed E-state index contributed by atoms with van der Waals surface area (Å²) in [5.41, 5.74) is 0.614. The van der Waals surface area contributed by atoms with Crippen molar-refractivity contribution >= 4 is 23.8 Å². The SMILES string of the molecule is CC#CC(=O)N[C@@H]1CCN(C2=CC(=O)C(=O)N=C2)C1. The van der Waals surface area contributed by atoms with Gasteiger partial charge in [-0.1, -0.05) is 5.92 Å². The van der Waals surface area contributed by atoms with Gasteiger partial charge in [-0.2, -0.15) is 0 Å². The third-order valence-electron chi connectivity index (χ3n) is 2.93. The van der Waals surface area contributed by atoms with Gasteiger partial charge in [-0.25, -0.2) is 4.99 Å². The van der Waals surface area contributed by atoms with Crippen molar-refractivity contribution in [1.29, 1.82) is 0 Å². The summed E-state index contributed by atoms with van der Waals surface area (Å²) in [6, 6.07) is -0.00428. The maximum atomic E-state index is 11.3. The van der Waals surface area contributed by atoms with Crippen LogP contribution < -0.4 is 5.32 Å². The predicted octanol–water partition coefficient (Wildman–Crippen LogP) is -0.736. The molecular formula is C13H13N3O3. The Morgan fingerprint density at radius 2 is 2.32 bits per heavy atom. The summed E-state index contributed by atoms with van der Waals surface area (Å²) in [6.07, 6.45) is 3.44. The number of likely N-dealkylation sites (tertiary alicyclic amines) is 1. The zero-order chi connectivity index (χ0) is 13.8. The molecule has 0 unspecified atom stereocenters. The van der Waals surface area contributed by atoms with E-state index in [0.717, 1.165) is 6.42 Å². The second-order valence-electron chi connectivity index (χ2n) is 4.28. The number of hydrogen-bond acceptors (Lipinski definition) is 4. The fraction of sp³-hybridized carbons (Fsp3) is 0.385. The van der Waals surface area contributed by atoms with Gasteiger partial charge >= 0.3 is 5.91 Å². The van der Waals surface area contributed by atoms with Crippen LogP contribution in [0.1, 0.15) is 13.3 Å². The first-order valence-electron chi connectivity index (χ1n) is 5.92. The lowest BCUT2D eigenvalue weighted by Gasteiger charge is -2.20. The van der Waals surface area contributed by atoms with Crippen LogP contribution in [0.5, 0.6) is 0 Å². The molecule has 2 aliphatic heterocycles. The third kappa shape index (κ3) is 3.07. The van der Waals surface area contributed by atoms with Crippen molar-refractivity contribution in [3.8, 4) is 11.8 Å². The van der Waals surface area contributed by atoms with Gasteiger partial charge in [-0.05, 0) is 19.3 Å². The van der Waals surface area contributed by atoms with E-state index in [-0.39, 0.29) is 11.9 Å². The number of carbonyl (C=O) groups is 3. The Hall–Kier alpha value is -2.42. The van der Waals surface area contributed by atoms with Gasteiger partial charge in [0.25, 0.3) is 5.91 Å². The van der Waals surface area contributed by atoms with Crippen LogP contribution in [0.15, 0.2) is 16.8 Å². The second-order valence-corrected chi connectivity index (χ2v) is 4.28.